The first-order valence-corrected chi connectivity index (χ1v) is 7.18. The largest absolute Gasteiger partial charge is 0.324 e. The van der Waals surface area contributed by atoms with Crippen LogP contribution in [0.1, 0.15) is 25.8 Å². The van der Waals surface area contributed by atoms with Gasteiger partial charge < -0.3 is 5.32 Å². The van der Waals surface area contributed by atoms with Crippen molar-refractivity contribution >= 4 is 11.6 Å². The number of carbonyl (C=O) groups excluding carboxylic acids is 1. The van der Waals surface area contributed by atoms with Crippen LogP contribution < -0.4 is 5.32 Å². The van der Waals surface area contributed by atoms with Gasteiger partial charge in [-0.25, -0.2) is 0 Å². The Hall–Kier alpha value is -1.86. The Kier molecular flexibility index (Phi) is 4.75. The average Bonchev–Trinajstić information content (AvgIpc) is 2.63. The van der Waals surface area contributed by atoms with Crippen LogP contribution in [0.3, 0.4) is 0 Å². The Balaban J connectivity index is 2.14. The molecule has 4 nitrogen and oxygen atoms in total. The van der Waals surface area contributed by atoms with Crippen molar-refractivity contribution in [1.29, 1.82) is 5.26 Å². The summed E-state index contributed by atoms with van der Waals surface area (Å²) < 4.78 is 0. The van der Waals surface area contributed by atoms with Crippen molar-refractivity contribution in [2.45, 2.75) is 32.7 Å². The van der Waals surface area contributed by atoms with Gasteiger partial charge in [0.15, 0.2) is 0 Å². The number of carbonyl (C=O) groups is 1. The highest BCUT2D eigenvalue weighted by molar-refractivity contribution is 5.96. The van der Waals surface area contributed by atoms with Crippen LogP contribution in [-0.2, 0) is 11.2 Å². The molecule has 2 atom stereocenters. The number of para-hydroxylation sites is 1. The smallest absolute Gasteiger partial charge is 0.241 e. The zero-order chi connectivity index (χ0) is 14.5. The van der Waals surface area contributed by atoms with Gasteiger partial charge in [0.2, 0.25) is 5.91 Å². The van der Waals surface area contributed by atoms with Crippen molar-refractivity contribution < 1.29 is 4.79 Å². The van der Waals surface area contributed by atoms with Crippen molar-refractivity contribution in [3.8, 4) is 6.07 Å². The molecular formula is C16H21N3O. The fourth-order valence-electron chi connectivity index (χ4n) is 2.72. The van der Waals surface area contributed by atoms with E-state index in [9.17, 15) is 4.79 Å². The van der Waals surface area contributed by atoms with Gasteiger partial charge in [-0.1, -0.05) is 25.1 Å². The first kappa shape index (κ1) is 14.5. The van der Waals surface area contributed by atoms with E-state index in [0.29, 0.717) is 6.54 Å². The molecule has 0 saturated carbocycles. The number of fused-ring (bicyclic) bond motifs is 1. The Morgan fingerprint density at radius 3 is 2.95 bits per heavy atom. The minimum Gasteiger partial charge on any atom is -0.324 e. The molecule has 0 saturated heterocycles. The molecule has 20 heavy (non-hydrogen) atoms. The van der Waals surface area contributed by atoms with Gasteiger partial charge in [0.25, 0.3) is 0 Å². The van der Waals surface area contributed by atoms with E-state index in [1.807, 2.05) is 32.0 Å². The molecule has 2 unspecified atom stereocenters. The molecule has 4 heteroatoms. The summed E-state index contributed by atoms with van der Waals surface area (Å²) >= 11 is 0. The maximum Gasteiger partial charge on any atom is 0.241 e. The van der Waals surface area contributed by atoms with E-state index in [1.165, 1.54) is 5.56 Å². The Labute approximate surface area is 120 Å². The lowest BCUT2D eigenvalue weighted by Crippen LogP contribution is -2.45. The van der Waals surface area contributed by atoms with E-state index in [0.717, 1.165) is 25.1 Å². The third kappa shape index (κ3) is 3.17. The monoisotopic (exact) mass is 271 g/mol. The third-order valence-electron chi connectivity index (χ3n) is 3.84. The van der Waals surface area contributed by atoms with Crippen LogP contribution in [0.15, 0.2) is 24.3 Å². The molecule has 1 aromatic rings. The second kappa shape index (κ2) is 6.53. The van der Waals surface area contributed by atoms with Crippen LogP contribution in [0, 0.1) is 17.2 Å². The zero-order valence-corrected chi connectivity index (χ0v) is 12.1. The molecule has 1 aromatic carbocycles. The van der Waals surface area contributed by atoms with E-state index >= 15 is 0 Å². The predicted molar refractivity (Wildman–Crippen MR) is 79.2 cm³/mol. The van der Waals surface area contributed by atoms with Gasteiger partial charge in [0, 0.05) is 12.2 Å². The maximum atomic E-state index is 12.4. The average molecular weight is 271 g/mol. The van der Waals surface area contributed by atoms with E-state index in [4.69, 9.17) is 5.26 Å². The predicted octanol–water partition coefficient (Wildman–Crippen LogP) is 2.42. The van der Waals surface area contributed by atoms with E-state index < -0.39 is 0 Å². The van der Waals surface area contributed by atoms with Crippen molar-refractivity contribution in [3.05, 3.63) is 29.8 Å². The summed E-state index contributed by atoms with van der Waals surface area (Å²) in [4.78, 5) is 14.5. The highest BCUT2D eigenvalue weighted by Gasteiger charge is 2.28. The fourth-order valence-corrected chi connectivity index (χ4v) is 2.72. The normalized spacial score (nSPS) is 19.7. The van der Waals surface area contributed by atoms with E-state index in [-0.39, 0.29) is 17.9 Å². The van der Waals surface area contributed by atoms with Crippen LogP contribution in [-0.4, -0.2) is 29.9 Å². The molecule has 1 heterocycles. The number of nitrogens with zero attached hydrogens (tertiary/aromatic N) is 2. The zero-order valence-electron chi connectivity index (χ0n) is 12.1. The van der Waals surface area contributed by atoms with Gasteiger partial charge in [-0.2, -0.15) is 5.26 Å². The third-order valence-corrected chi connectivity index (χ3v) is 3.84. The van der Waals surface area contributed by atoms with Gasteiger partial charge in [-0.3, -0.25) is 9.69 Å². The lowest BCUT2D eigenvalue weighted by atomic mass is 10.0. The number of aryl methyl sites for hydroxylation is 1. The van der Waals surface area contributed by atoms with Crippen molar-refractivity contribution in [3.63, 3.8) is 0 Å². The van der Waals surface area contributed by atoms with Crippen LogP contribution in [0.5, 0.6) is 0 Å². The van der Waals surface area contributed by atoms with Gasteiger partial charge in [0.1, 0.15) is 0 Å². The Bertz CT molecular complexity index is 521. The molecule has 0 fully saturated rings. The van der Waals surface area contributed by atoms with E-state index in [1.54, 1.807) is 0 Å². The Morgan fingerprint density at radius 2 is 2.25 bits per heavy atom. The number of benzene rings is 1. The van der Waals surface area contributed by atoms with Crippen LogP contribution in [0.2, 0.25) is 0 Å². The number of nitriles is 1. The van der Waals surface area contributed by atoms with Crippen LogP contribution >= 0.6 is 0 Å². The van der Waals surface area contributed by atoms with Crippen molar-refractivity contribution in [1.82, 2.24) is 4.90 Å². The topological polar surface area (TPSA) is 56.1 Å². The quantitative estimate of drug-likeness (QED) is 0.915. The number of hydrogen-bond acceptors (Lipinski definition) is 3. The first-order chi connectivity index (χ1) is 9.65. The Morgan fingerprint density at radius 1 is 1.50 bits per heavy atom. The molecule has 0 aliphatic carbocycles. The van der Waals surface area contributed by atoms with Crippen molar-refractivity contribution in [2.24, 2.45) is 5.92 Å². The molecule has 1 amide bonds. The molecule has 0 aromatic heterocycles. The van der Waals surface area contributed by atoms with Gasteiger partial charge in [-0.15, -0.1) is 0 Å². The molecule has 1 N–H and O–H groups in total. The second-order valence-corrected chi connectivity index (χ2v) is 5.32. The fraction of sp³-hybridized carbons (Fsp3) is 0.500. The molecule has 106 valence electrons. The first-order valence-electron chi connectivity index (χ1n) is 7.18. The summed E-state index contributed by atoms with van der Waals surface area (Å²) in [5.74, 6) is -0.0182. The van der Waals surface area contributed by atoms with Gasteiger partial charge in [0.05, 0.1) is 18.0 Å². The molecular weight excluding hydrogens is 250 g/mol. The highest BCUT2D eigenvalue weighted by atomic mass is 16.2. The van der Waals surface area contributed by atoms with E-state index in [2.05, 4.69) is 22.4 Å². The summed E-state index contributed by atoms with van der Waals surface area (Å²) in [5.41, 5.74) is 2.11. The van der Waals surface area contributed by atoms with Crippen molar-refractivity contribution in [2.75, 3.05) is 18.4 Å². The molecule has 2 rings (SSSR count). The van der Waals surface area contributed by atoms with Crippen LogP contribution in [0.25, 0.3) is 0 Å². The SMILES string of the molecule is CCN(CC(C)C#N)C1CCc2ccccc2NC1=O. The number of amides is 1. The van der Waals surface area contributed by atoms with Crippen LogP contribution in [0.4, 0.5) is 5.69 Å². The lowest BCUT2D eigenvalue weighted by Gasteiger charge is -2.29. The maximum absolute atomic E-state index is 12.4. The number of hydrogen-bond donors (Lipinski definition) is 1. The number of likely N-dealkylation sites (N-methyl/N-ethyl adjacent to an activating group) is 1. The molecule has 0 bridgehead atoms. The molecule has 0 radical (unpaired) electrons. The molecule has 0 spiro atoms. The standard InChI is InChI=1S/C16H21N3O/c1-3-19(11-12(2)10-17)15-9-8-13-6-4-5-7-14(13)18-16(15)20/h4-7,12,15H,3,8-9,11H2,1-2H3,(H,18,20). The summed E-state index contributed by atoms with van der Waals surface area (Å²) in [7, 11) is 0. The van der Waals surface area contributed by atoms with Gasteiger partial charge in [-0.05, 0) is 37.9 Å². The number of rotatable bonds is 4. The molecule has 1 aliphatic rings. The summed E-state index contributed by atoms with van der Waals surface area (Å²) in [5, 5.41) is 12.0. The number of nitrogens with one attached hydrogen (secondary N) is 1. The summed E-state index contributed by atoms with van der Waals surface area (Å²) in [6.45, 7) is 5.35. The number of anilines is 1. The minimum atomic E-state index is -0.150. The second-order valence-electron chi connectivity index (χ2n) is 5.32. The summed E-state index contributed by atoms with van der Waals surface area (Å²) in [6, 6.07) is 10.0. The lowest BCUT2D eigenvalue weighted by molar-refractivity contribution is -0.121. The highest BCUT2D eigenvalue weighted by Crippen LogP contribution is 2.24. The molecule has 1 aliphatic heterocycles. The van der Waals surface area contributed by atoms with Gasteiger partial charge >= 0.3 is 0 Å². The summed E-state index contributed by atoms with van der Waals surface area (Å²) in [6.07, 6.45) is 1.69. The minimum absolute atomic E-state index is 0.0435.